The van der Waals surface area contributed by atoms with E-state index in [4.69, 9.17) is 19.2 Å². The zero-order valence-electron chi connectivity index (χ0n) is 25.9. The molecule has 1 atom stereocenters. The summed E-state index contributed by atoms with van der Waals surface area (Å²) in [6, 6.07) is 29.6. The van der Waals surface area contributed by atoms with Crippen LogP contribution in [0.3, 0.4) is 0 Å². The lowest BCUT2D eigenvalue weighted by Gasteiger charge is -2.25. The molecule has 6 rings (SSSR count). The number of anilines is 1. The second-order valence-corrected chi connectivity index (χ2v) is 11.9. The number of carbonyl (C=O) groups is 1. The number of benzene rings is 4. The molecule has 0 bridgehead atoms. The molecule has 0 saturated carbocycles. The lowest BCUT2D eigenvalue weighted by molar-refractivity contribution is -0.113. The predicted octanol–water partition coefficient (Wildman–Crippen LogP) is 5.78. The number of fused-ring (bicyclic) bond motifs is 1. The number of hydrogen-bond acceptors (Lipinski definition) is 7. The number of carbonyl (C=O) groups excluding carboxylic acids is 1. The Kier molecular flexibility index (Phi) is 8.85. The Morgan fingerprint density at radius 3 is 2.35 bits per heavy atom. The quantitative estimate of drug-likeness (QED) is 0.223. The number of aromatic nitrogens is 1. The van der Waals surface area contributed by atoms with Crippen LogP contribution in [0.2, 0.25) is 0 Å². The van der Waals surface area contributed by atoms with Crippen LogP contribution in [0.5, 0.6) is 17.2 Å². The van der Waals surface area contributed by atoms with Gasteiger partial charge in [0.25, 0.3) is 11.5 Å². The summed E-state index contributed by atoms with van der Waals surface area (Å²) < 4.78 is 19.1. The van der Waals surface area contributed by atoms with Gasteiger partial charge in [-0.05, 0) is 73.0 Å². The van der Waals surface area contributed by atoms with E-state index in [1.165, 1.54) is 16.9 Å². The van der Waals surface area contributed by atoms with Crippen LogP contribution in [0.25, 0.3) is 6.08 Å². The number of amides is 1. The zero-order valence-corrected chi connectivity index (χ0v) is 26.8. The third-order valence-corrected chi connectivity index (χ3v) is 8.71. The predicted molar refractivity (Wildman–Crippen MR) is 180 cm³/mol. The second-order valence-electron chi connectivity index (χ2n) is 10.9. The van der Waals surface area contributed by atoms with Gasteiger partial charge in [-0.3, -0.25) is 14.2 Å². The van der Waals surface area contributed by atoms with Crippen molar-refractivity contribution in [3.05, 3.63) is 150 Å². The number of hydrogen-bond donors (Lipinski definition) is 1. The van der Waals surface area contributed by atoms with Crippen molar-refractivity contribution in [2.75, 3.05) is 19.5 Å². The first-order chi connectivity index (χ1) is 22.3. The number of allylic oxidation sites excluding steroid dienone is 1. The molecular formula is C37H33N3O5S. The summed E-state index contributed by atoms with van der Waals surface area (Å²) in [5.74, 6) is 1.51. The Balaban J connectivity index is 1.38. The number of rotatable bonds is 9. The van der Waals surface area contributed by atoms with E-state index in [0.717, 1.165) is 16.7 Å². The topological polar surface area (TPSA) is 91.2 Å². The van der Waals surface area contributed by atoms with E-state index in [9.17, 15) is 9.59 Å². The molecule has 1 aromatic heterocycles. The van der Waals surface area contributed by atoms with Crippen LogP contribution in [0, 0.1) is 6.92 Å². The number of para-hydroxylation sites is 1. The molecule has 1 N–H and O–H groups in total. The Labute approximate surface area is 270 Å². The molecular weight excluding hydrogens is 598 g/mol. The van der Waals surface area contributed by atoms with E-state index in [1.807, 2.05) is 110 Å². The molecule has 0 aliphatic carbocycles. The molecule has 2 heterocycles. The van der Waals surface area contributed by atoms with Crippen LogP contribution in [-0.4, -0.2) is 24.7 Å². The number of aryl methyl sites for hydroxylation is 1. The van der Waals surface area contributed by atoms with Crippen molar-refractivity contribution < 1.29 is 19.0 Å². The summed E-state index contributed by atoms with van der Waals surface area (Å²) in [5.41, 5.74) is 5.11. The normalized spacial score (nSPS) is 14.3. The zero-order chi connectivity index (χ0) is 32.2. The van der Waals surface area contributed by atoms with Gasteiger partial charge in [0.2, 0.25) is 0 Å². The summed E-state index contributed by atoms with van der Waals surface area (Å²) >= 11 is 1.28. The fourth-order valence-electron chi connectivity index (χ4n) is 5.32. The van der Waals surface area contributed by atoms with Crippen molar-refractivity contribution in [3.8, 4) is 17.2 Å². The van der Waals surface area contributed by atoms with Gasteiger partial charge < -0.3 is 19.5 Å². The van der Waals surface area contributed by atoms with Crippen LogP contribution in [0.1, 0.15) is 35.2 Å². The van der Waals surface area contributed by atoms with Crippen LogP contribution >= 0.6 is 11.3 Å². The number of nitrogens with one attached hydrogen (secondary N) is 1. The van der Waals surface area contributed by atoms with Crippen LogP contribution in [-0.2, 0) is 11.4 Å². The highest BCUT2D eigenvalue weighted by Crippen LogP contribution is 2.32. The fraction of sp³-hybridized carbons (Fsp3) is 0.162. The van der Waals surface area contributed by atoms with Gasteiger partial charge in [0.05, 0.1) is 36.1 Å². The molecule has 232 valence electrons. The number of thiazole rings is 1. The summed E-state index contributed by atoms with van der Waals surface area (Å²) in [6.45, 7) is 4.25. The van der Waals surface area contributed by atoms with Crippen LogP contribution in [0.4, 0.5) is 5.69 Å². The molecule has 5 aromatic rings. The lowest BCUT2D eigenvalue weighted by Crippen LogP contribution is -2.40. The standard InChI is InChI=1S/C37H33N3O5S/c1-23-10-12-25(13-11-23)22-45-30-19-14-26(20-31(30)44-4)21-32-36(42)40-34(27-15-17-29(43-3)18-16-27)33(24(2)38-37(40)46-32)35(41)39-28-8-6-5-7-9-28/h5-21,34H,22H2,1-4H3,(H,39,41)/b32-21+/t34-/m1/s1. The van der Waals surface area contributed by atoms with Crippen molar-refractivity contribution in [1.29, 1.82) is 0 Å². The first-order valence-corrected chi connectivity index (χ1v) is 15.6. The van der Waals surface area contributed by atoms with Gasteiger partial charge >= 0.3 is 0 Å². The maximum Gasteiger partial charge on any atom is 0.271 e. The first-order valence-electron chi connectivity index (χ1n) is 14.7. The highest BCUT2D eigenvalue weighted by atomic mass is 32.1. The van der Waals surface area contributed by atoms with Crippen molar-refractivity contribution >= 4 is 29.0 Å². The van der Waals surface area contributed by atoms with Crippen molar-refractivity contribution in [3.63, 3.8) is 0 Å². The average molecular weight is 632 g/mol. The highest BCUT2D eigenvalue weighted by molar-refractivity contribution is 7.07. The minimum absolute atomic E-state index is 0.249. The summed E-state index contributed by atoms with van der Waals surface area (Å²) in [6.07, 6.45) is 1.81. The summed E-state index contributed by atoms with van der Waals surface area (Å²) in [7, 11) is 3.18. The Morgan fingerprint density at radius 2 is 1.65 bits per heavy atom. The van der Waals surface area contributed by atoms with Gasteiger partial charge in [-0.15, -0.1) is 0 Å². The molecule has 0 spiro atoms. The maximum atomic E-state index is 14.1. The van der Waals surface area contributed by atoms with Crippen molar-refractivity contribution in [2.24, 2.45) is 4.99 Å². The Hall–Kier alpha value is -5.41. The Morgan fingerprint density at radius 1 is 0.913 bits per heavy atom. The number of ether oxygens (including phenoxy) is 3. The molecule has 0 fully saturated rings. The molecule has 9 heteroatoms. The lowest BCUT2D eigenvalue weighted by atomic mass is 9.95. The minimum atomic E-state index is -0.694. The van der Waals surface area contributed by atoms with Gasteiger partial charge in [0.15, 0.2) is 16.3 Å². The minimum Gasteiger partial charge on any atom is -0.497 e. The average Bonchev–Trinajstić information content (AvgIpc) is 3.38. The molecule has 0 unspecified atom stereocenters. The van der Waals surface area contributed by atoms with Crippen LogP contribution in [0.15, 0.2) is 118 Å². The third-order valence-electron chi connectivity index (χ3n) is 7.73. The smallest absolute Gasteiger partial charge is 0.271 e. The molecule has 1 amide bonds. The van der Waals surface area contributed by atoms with Gasteiger partial charge in [-0.1, -0.05) is 77.6 Å². The van der Waals surface area contributed by atoms with Gasteiger partial charge in [0.1, 0.15) is 12.4 Å². The molecule has 1 aliphatic rings. The second kappa shape index (κ2) is 13.3. The SMILES string of the molecule is COc1ccc([C@@H]2C(C(=O)Nc3ccccc3)=C(C)N=c3s/c(=C/c4ccc(OCc5ccc(C)cc5)c(OC)c4)c(=O)n32)cc1. The molecule has 8 nitrogen and oxygen atoms in total. The van der Waals surface area contributed by atoms with E-state index in [0.29, 0.717) is 50.1 Å². The largest absolute Gasteiger partial charge is 0.497 e. The van der Waals surface area contributed by atoms with Gasteiger partial charge in [-0.25, -0.2) is 4.99 Å². The van der Waals surface area contributed by atoms with E-state index in [2.05, 4.69) is 5.32 Å². The van der Waals surface area contributed by atoms with Crippen LogP contribution < -0.4 is 34.4 Å². The molecule has 4 aromatic carbocycles. The van der Waals surface area contributed by atoms with E-state index in [-0.39, 0.29) is 11.5 Å². The van der Waals surface area contributed by atoms with E-state index in [1.54, 1.807) is 25.7 Å². The Bertz CT molecular complexity index is 2100. The van der Waals surface area contributed by atoms with E-state index >= 15 is 0 Å². The van der Waals surface area contributed by atoms with Gasteiger partial charge in [0, 0.05) is 5.69 Å². The van der Waals surface area contributed by atoms with E-state index < -0.39 is 6.04 Å². The molecule has 0 radical (unpaired) electrons. The molecule has 1 aliphatic heterocycles. The summed E-state index contributed by atoms with van der Waals surface area (Å²) in [4.78, 5) is 33.1. The highest BCUT2D eigenvalue weighted by Gasteiger charge is 2.32. The third kappa shape index (κ3) is 6.36. The summed E-state index contributed by atoms with van der Waals surface area (Å²) in [5, 5.41) is 2.98. The van der Waals surface area contributed by atoms with Gasteiger partial charge in [-0.2, -0.15) is 0 Å². The maximum absolute atomic E-state index is 14.1. The fourth-order valence-corrected chi connectivity index (χ4v) is 6.37. The molecule has 0 saturated heterocycles. The molecule has 46 heavy (non-hydrogen) atoms. The van der Waals surface area contributed by atoms with Crippen molar-refractivity contribution in [1.82, 2.24) is 4.57 Å². The number of nitrogens with zero attached hydrogens (tertiary/aromatic N) is 2. The monoisotopic (exact) mass is 631 g/mol. The number of methoxy groups -OCH3 is 2. The first kappa shape index (κ1) is 30.6. The van der Waals surface area contributed by atoms with Crippen molar-refractivity contribution in [2.45, 2.75) is 26.5 Å².